The summed E-state index contributed by atoms with van der Waals surface area (Å²) in [7, 11) is 0. The molecule has 0 aliphatic rings. The first-order valence-corrected chi connectivity index (χ1v) is 6.55. The van der Waals surface area contributed by atoms with Crippen LogP contribution in [0.2, 0.25) is 0 Å². The molecule has 0 saturated carbocycles. The van der Waals surface area contributed by atoms with Crippen molar-refractivity contribution in [2.75, 3.05) is 0 Å². The van der Waals surface area contributed by atoms with Crippen molar-refractivity contribution in [3.8, 4) is 16.8 Å². The number of halogens is 5. The van der Waals surface area contributed by atoms with Gasteiger partial charge in [-0.2, -0.15) is 22.7 Å². The zero-order valence-electron chi connectivity index (χ0n) is 11.5. The van der Waals surface area contributed by atoms with E-state index < -0.39 is 29.2 Å². The Morgan fingerprint density at radius 2 is 1.43 bits per heavy atom. The van der Waals surface area contributed by atoms with Crippen molar-refractivity contribution < 1.29 is 22.0 Å². The summed E-state index contributed by atoms with van der Waals surface area (Å²) < 4.78 is 67.7. The lowest BCUT2D eigenvalue weighted by molar-refractivity contribution is -0.140. The third-order valence-corrected chi connectivity index (χ3v) is 3.23. The van der Waals surface area contributed by atoms with E-state index >= 15 is 0 Å². The summed E-state index contributed by atoms with van der Waals surface area (Å²) in [6, 6.07) is 11.7. The minimum absolute atomic E-state index is 0.00317. The molecule has 0 aliphatic carbocycles. The first-order valence-electron chi connectivity index (χ1n) is 6.55. The summed E-state index contributed by atoms with van der Waals surface area (Å²) in [5, 5.41) is 3.35. The molecule has 1 aromatic heterocycles. The molecular formula is C16H9F5N2. The van der Waals surface area contributed by atoms with Gasteiger partial charge in [0, 0.05) is 0 Å². The van der Waals surface area contributed by atoms with Crippen molar-refractivity contribution >= 4 is 0 Å². The molecule has 2 aromatic carbocycles. The lowest BCUT2D eigenvalue weighted by Crippen LogP contribution is -2.08. The van der Waals surface area contributed by atoms with Crippen LogP contribution in [-0.2, 0) is 6.18 Å². The molecule has 23 heavy (non-hydrogen) atoms. The largest absolute Gasteiger partial charge is 0.435 e. The fraction of sp³-hybridized carbons (Fsp3) is 0.0625. The highest BCUT2D eigenvalue weighted by atomic mass is 19.4. The lowest BCUT2D eigenvalue weighted by Gasteiger charge is -2.05. The number of alkyl halides is 3. The second-order valence-corrected chi connectivity index (χ2v) is 4.77. The summed E-state index contributed by atoms with van der Waals surface area (Å²) in [5.41, 5.74) is -1.91. The van der Waals surface area contributed by atoms with Crippen LogP contribution in [0.3, 0.4) is 0 Å². The third-order valence-electron chi connectivity index (χ3n) is 3.23. The minimum Gasteiger partial charge on any atom is -0.207 e. The van der Waals surface area contributed by atoms with E-state index in [0.29, 0.717) is 4.68 Å². The Morgan fingerprint density at radius 3 is 2.00 bits per heavy atom. The van der Waals surface area contributed by atoms with E-state index in [9.17, 15) is 22.0 Å². The van der Waals surface area contributed by atoms with Crippen LogP contribution in [0.15, 0.2) is 54.6 Å². The van der Waals surface area contributed by atoms with Crippen molar-refractivity contribution in [2.24, 2.45) is 0 Å². The molecule has 0 saturated heterocycles. The molecule has 0 unspecified atom stereocenters. The highest BCUT2D eigenvalue weighted by Gasteiger charge is 2.40. The van der Waals surface area contributed by atoms with Crippen LogP contribution in [0.1, 0.15) is 5.69 Å². The Kier molecular flexibility index (Phi) is 3.63. The Bertz CT molecular complexity index is 820. The van der Waals surface area contributed by atoms with Crippen molar-refractivity contribution in [3.63, 3.8) is 0 Å². The van der Waals surface area contributed by atoms with Crippen molar-refractivity contribution in [1.29, 1.82) is 0 Å². The van der Waals surface area contributed by atoms with Gasteiger partial charge in [0.1, 0.15) is 5.82 Å². The molecule has 3 rings (SSSR count). The van der Waals surface area contributed by atoms with Gasteiger partial charge in [0.05, 0.1) is 11.3 Å². The van der Waals surface area contributed by atoms with E-state index in [1.54, 1.807) is 6.07 Å². The highest BCUT2D eigenvalue weighted by Crippen LogP contribution is 2.38. The van der Waals surface area contributed by atoms with Gasteiger partial charge in [-0.05, 0) is 29.8 Å². The molecule has 1 heterocycles. The topological polar surface area (TPSA) is 17.8 Å². The van der Waals surface area contributed by atoms with Crippen LogP contribution in [0, 0.1) is 11.8 Å². The summed E-state index contributed by atoms with van der Waals surface area (Å²) in [6.07, 6.45) is -4.82. The standard InChI is InChI=1S/C16H9F5N2/c17-11-6-8-12(9-7-11)23-15(18)13(10-4-2-1-3-5-10)14(22-23)16(19,20)21/h1-9H. The van der Waals surface area contributed by atoms with Crippen molar-refractivity contribution in [1.82, 2.24) is 9.78 Å². The molecule has 0 spiro atoms. The molecule has 0 atom stereocenters. The van der Waals surface area contributed by atoms with Crippen LogP contribution in [-0.4, -0.2) is 9.78 Å². The van der Waals surface area contributed by atoms with E-state index in [0.717, 1.165) is 24.3 Å². The molecule has 0 amide bonds. The number of aromatic nitrogens is 2. The SMILES string of the molecule is Fc1ccc(-n2nc(C(F)(F)F)c(-c3ccccc3)c2F)cc1. The molecule has 0 bridgehead atoms. The summed E-state index contributed by atoms with van der Waals surface area (Å²) in [4.78, 5) is 0. The predicted octanol–water partition coefficient (Wildman–Crippen LogP) is 4.84. The molecule has 118 valence electrons. The normalized spacial score (nSPS) is 11.7. The number of hydrogen-bond acceptors (Lipinski definition) is 1. The number of rotatable bonds is 2. The molecule has 0 N–H and O–H groups in total. The maximum absolute atomic E-state index is 14.6. The summed E-state index contributed by atoms with van der Waals surface area (Å²) in [5.74, 6) is -1.74. The minimum atomic E-state index is -4.82. The molecular weight excluding hydrogens is 315 g/mol. The van der Waals surface area contributed by atoms with Gasteiger partial charge < -0.3 is 0 Å². The van der Waals surface area contributed by atoms with Gasteiger partial charge in [-0.25, -0.2) is 9.07 Å². The van der Waals surface area contributed by atoms with Crippen LogP contribution in [0.4, 0.5) is 22.0 Å². The molecule has 7 heteroatoms. The van der Waals surface area contributed by atoms with Crippen LogP contribution < -0.4 is 0 Å². The Hall–Kier alpha value is -2.70. The van der Waals surface area contributed by atoms with Gasteiger partial charge in [0.2, 0.25) is 5.95 Å². The van der Waals surface area contributed by atoms with E-state index in [-0.39, 0.29) is 11.3 Å². The molecule has 0 radical (unpaired) electrons. The van der Waals surface area contributed by atoms with E-state index in [4.69, 9.17) is 0 Å². The van der Waals surface area contributed by atoms with Crippen molar-refractivity contribution in [2.45, 2.75) is 6.18 Å². The van der Waals surface area contributed by atoms with Gasteiger partial charge in [0.25, 0.3) is 0 Å². The van der Waals surface area contributed by atoms with Crippen molar-refractivity contribution in [3.05, 3.63) is 72.1 Å². The average Bonchev–Trinajstić information content (AvgIpc) is 2.87. The van der Waals surface area contributed by atoms with Crippen LogP contribution in [0.25, 0.3) is 16.8 Å². The zero-order chi connectivity index (χ0) is 16.6. The Labute approximate surface area is 127 Å². The second-order valence-electron chi connectivity index (χ2n) is 4.77. The van der Waals surface area contributed by atoms with E-state index in [1.165, 1.54) is 24.3 Å². The number of hydrogen-bond donors (Lipinski definition) is 0. The zero-order valence-corrected chi connectivity index (χ0v) is 11.5. The maximum Gasteiger partial charge on any atom is 0.435 e. The first kappa shape index (κ1) is 15.2. The first-order chi connectivity index (χ1) is 10.9. The average molecular weight is 324 g/mol. The van der Waals surface area contributed by atoms with Gasteiger partial charge in [-0.15, -0.1) is 0 Å². The Morgan fingerprint density at radius 1 is 0.826 bits per heavy atom. The maximum atomic E-state index is 14.6. The number of nitrogens with zero attached hydrogens (tertiary/aromatic N) is 2. The molecule has 3 aromatic rings. The Balaban J connectivity index is 2.25. The third kappa shape index (κ3) is 2.81. The fourth-order valence-electron chi connectivity index (χ4n) is 2.21. The second kappa shape index (κ2) is 5.49. The number of benzene rings is 2. The van der Waals surface area contributed by atoms with Gasteiger partial charge in [0.15, 0.2) is 5.69 Å². The smallest absolute Gasteiger partial charge is 0.207 e. The van der Waals surface area contributed by atoms with Gasteiger partial charge >= 0.3 is 6.18 Å². The van der Waals surface area contributed by atoms with E-state index in [2.05, 4.69) is 5.10 Å². The lowest BCUT2D eigenvalue weighted by atomic mass is 10.1. The summed E-state index contributed by atoms with van der Waals surface area (Å²) >= 11 is 0. The van der Waals surface area contributed by atoms with E-state index in [1.807, 2.05) is 0 Å². The molecule has 0 aliphatic heterocycles. The van der Waals surface area contributed by atoms with Crippen LogP contribution >= 0.6 is 0 Å². The molecule has 0 fully saturated rings. The van der Waals surface area contributed by atoms with Gasteiger partial charge in [-0.1, -0.05) is 30.3 Å². The van der Waals surface area contributed by atoms with Crippen LogP contribution in [0.5, 0.6) is 0 Å². The fourth-order valence-corrected chi connectivity index (χ4v) is 2.21. The highest BCUT2D eigenvalue weighted by molar-refractivity contribution is 5.67. The molecule has 2 nitrogen and oxygen atoms in total. The summed E-state index contributed by atoms with van der Waals surface area (Å²) in [6.45, 7) is 0. The van der Waals surface area contributed by atoms with Gasteiger partial charge in [-0.3, -0.25) is 0 Å². The monoisotopic (exact) mass is 324 g/mol. The predicted molar refractivity (Wildman–Crippen MR) is 73.9 cm³/mol. The quantitative estimate of drug-likeness (QED) is 0.617.